The number of nitrogens with zero attached hydrogens (tertiary/aromatic N) is 1. The van der Waals surface area contributed by atoms with Crippen LogP contribution < -0.4 is 14.8 Å². The quantitative estimate of drug-likeness (QED) is 0.0566. The third kappa shape index (κ3) is 6.39. The lowest BCUT2D eigenvalue weighted by molar-refractivity contribution is -0.672. The van der Waals surface area contributed by atoms with Gasteiger partial charge in [-0.05, 0) is 66.9 Å². The predicted molar refractivity (Wildman–Crippen MR) is 147 cm³/mol. The Hall–Kier alpha value is -3.20. The van der Waals surface area contributed by atoms with E-state index in [0.29, 0.717) is 49.3 Å². The summed E-state index contributed by atoms with van der Waals surface area (Å²) in [6, 6.07) is 15.6. The molecule has 0 fully saturated rings. The first-order valence-corrected chi connectivity index (χ1v) is 12.7. The van der Waals surface area contributed by atoms with Crippen LogP contribution in [0, 0.1) is 0 Å². The molecule has 1 aliphatic rings. The molecule has 0 saturated carbocycles. The lowest BCUT2D eigenvalue weighted by Crippen LogP contribution is -2.18. The van der Waals surface area contributed by atoms with Crippen LogP contribution in [-0.4, -0.2) is 36.4 Å². The molecule has 3 aromatic rings. The summed E-state index contributed by atoms with van der Waals surface area (Å²) in [6.45, 7) is 0.459. The number of benzene rings is 3. The summed E-state index contributed by atoms with van der Waals surface area (Å²) < 4.78 is 17.7. The number of rotatable bonds is 10. The molecule has 0 spiro atoms. The van der Waals surface area contributed by atoms with Gasteiger partial charge in [-0.3, -0.25) is 9.59 Å². The van der Waals surface area contributed by atoms with E-state index < -0.39 is 0 Å². The Morgan fingerprint density at radius 1 is 1.08 bits per heavy atom. The number of carbonyl (C=O) groups excluding carboxylic acids is 2. The number of halogens is 2. The highest BCUT2D eigenvalue weighted by atomic mass is 35.5. The standard InChI is InChI=1S/C27H24Cl2N2O5S/c1-34-19-7-4-17(5-8-19)27(33)25-23(12-10-21(28)26(25)29)31(36-37)14-2-3-15-35-20-9-11-22-18(16-20)6-13-24(32)30-22/h4-5,7-12,14,16H,2-3,6,13,15H2,1H3,(H-,30,32,37)/p+1. The Morgan fingerprint density at radius 2 is 1.84 bits per heavy atom. The van der Waals surface area contributed by atoms with E-state index in [0.717, 1.165) is 17.0 Å². The molecule has 0 atom stereocenters. The van der Waals surface area contributed by atoms with Gasteiger partial charge >= 0.3 is 0 Å². The highest BCUT2D eigenvalue weighted by Gasteiger charge is 2.28. The maximum atomic E-state index is 13.4. The highest BCUT2D eigenvalue weighted by Crippen LogP contribution is 2.35. The summed E-state index contributed by atoms with van der Waals surface area (Å²) in [7, 11) is 1.55. The normalized spacial score (nSPS) is 13.0. The van der Waals surface area contributed by atoms with Gasteiger partial charge in [0.2, 0.25) is 17.9 Å². The molecule has 0 radical (unpaired) electrons. The van der Waals surface area contributed by atoms with Crippen molar-refractivity contribution in [1.82, 2.24) is 0 Å². The third-order valence-electron chi connectivity index (χ3n) is 5.86. The number of methoxy groups -OCH3 is 1. The number of thiol groups is 1. The smallest absolute Gasteiger partial charge is 0.271 e. The first kappa shape index (κ1) is 26.9. The molecule has 0 aliphatic carbocycles. The average Bonchev–Trinajstić information content (AvgIpc) is 2.92. The van der Waals surface area contributed by atoms with Crippen molar-refractivity contribution in [3.8, 4) is 11.5 Å². The van der Waals surface area contributed by atoms with Gasteiger partial charge in [0.1, 0.15) is 30.0 Å². The SMILES string of the molecule is COc1ccc(C(=O)c2c([N+](=CCCCOc3ccc4c(c3)CCC(=O)N4)OS)ccc(Cl)c2Cl)cc1. The van der Waals surface area contributed by atoms with Crippen molar-refractivity contribution in [2.75, 3.05) is 19.0 Å². The highest BCUT2D eigenvalue weighted by molar-refractivity contribution is 7.74. The molecule has 1 amide bonds. The molecule has 4 rings (SSSR count). The fourth-order valence-corrected chi connectivity index (χ4v) is 4.49. The number of nitrogens with one attached hydrogen (secondary N) is 1. The van der Waals surface area contributed by atoms with Crippen LogP contribution in [0.2, 0.25) is 10.0 Å². The van der Waals surface area contributed by atoms with E-state index in [1.807, 2.05) is 18.2 Å². The second kappa shape index (κ2) is 12.4. The maximum Gasteiger partial charge on any atom is 0.271 e. The van der Waals surface area contributed by atoms with Gasteiger partial charge < -0.3 is 14.8 Å². The first-order valence-electron chi connectivity index (χ1n) is 11.6. The summed E-state index contributed by atoms with van der Waals surface area (Å²) in [6.07, 6.45) is 4.16. The number of unbranched alkanes of at least 4 members (excludes halogenated alkanes) is 1. The summed E-state index contributed by atoms with van der Waals surface area (Å²) in [5, 5.41) is 3.23. The Balaban J connectivity index is 1.45. The largest absolute Gasteiger partial charge is 0.497 e. The Bertz CT molecular complexity index is 1350. The molecule has 7 nitrogen and oxygen atoms in total. The number of ether oxygens (including phenoxy) is 2. The van der Waals surface area contributed by atoms with Crippen LogP contribution in [0.5, 0.6) is 11.5 Å². The fourth-order valence-electron chi connectivity index (χ4n) is 3.93. The summed E-state index contributed by atoms with van der Waals surface area (Å²) in [5.41, 5.74) is 2.92. The monoisotopic (exact) mass is 559 g/mol. The van der Waals surface area contributed by atoms with E-state index >= 15 is 0 Å². The summed E-state index contributed by atoms with van der Waals surface area (Å²) >= 11 is 16.7. The zero-order valence-corrected chi connectivity index (χ0v) is 22.4. The second-order valence-corrected chi connectivity index (χ2v) is 9.21. The van der Waals surface area contributed by atoms with Crippen molar-refractivity contribution in [3.05, 3.63) is 81.3 Å². The van der Waals surface area contributed by atoms with Crippen molar-refractivity contribution < 1.29 is 28.1 Å². The average molecular weight is 560 g/mol. The predicted octanol–water partition coefficient (Wildman–Crippen LogP) is 6.47. The molecular weight excluding hydrogens is 535 g/mol. The molecule has 0 bridgehead atoms. The van der Waals surface area contributed by atoms with E-state index in [-0.39, 0.29) is 27.3 Å². The number of hydrogen-bond donors (Lipinski definition) is 2. The molecule has 192 valence electrons. The maximum absolute atomic E-state index is 13.4. The van der Waals surface area contributed by atoms with Crippen LogP contribution in [0.15, 0.2) is 54.6 Å². The van der Waals surface area contributed by atoms with Gasteiger partial charge in [0.15, 0.2) is 0 Å². The topological polar surface area (TPSA) is 76.9 Å². The molecule has 0 aromatic heterocycles. The first-order chi connectivity index (χ1) is 17.9. The number of fused-ring (bicyclic) bond motifs is 1. The lowest BCUT2D eigenvalue weighted by atomic mass is 10.0. The number of amides is 1. The van der Waals surface area contributed by atoms with Crippen molar-refractivity contribution in [3.63, 3.8) is 0 Å². The minimum Gasteiger partial charge on any atom is -0.497 e. The molecular formula is C27H25Cl2N2O5S+. The summed E-state index contributed by atoms with van der Waals surface area (Å²) in [5.74, 6) is 1.09. The third-order valence-corrected chi connectivity index (χ3v) is 6.84. The van der Waals surface area contributed by atoms with Gasteiger partial charge in [-0.15, -0.1) is 0 Å². The van der Waals surface area contributed by atoms with Crippen LogP contribution in [0.1, 0.15) is 40.7 Å². The summed E-state index contributed by atoms with van der Waals surface area (Å²) in [4.78, 5) is 24.9. The van der Waals surface area contributed by atoms with E-state index in [4.69, 9.17) is 37.0 Å². The van der Waals surface area contributed by atoms with Crippen LogP contribution in [-0.2, 0) is 15.5 Å². The molecule has 0 saturated heterocycles. The van der Waals surface area contributed by atoms with Crippen LogP contribution in [0.4, 0.5) is 11.4 Å². The van der Waals surface area contributed by atoms with Crippen LogP contribution >= 0.6 is 36.1 Å². The Morgan fingerprint density at radius 3 is 2.57 bits per heavy atom. The van der Waals surface area contributed by atoms with Gasteiger partial charge in [-0.25, -0.2) is 0 Å². The van der Waals surface area contributed by atoms with E-state index in [1.54, 1.807) is 49.7 Å². The fraction of sp³-hybridized carbons (Fsp3) is 0.222. The van der Waals surface area contributed by atoms with Gasteiger partial charge in [-0.2, -0.15) is 4.28 Å². The van der Waals surface area contributed by atoms with E-state index in [1.165, 1.54) is 4.74 Å². The molecule has 37 heavy (non-hydrogen) atoms. The van der Waals surface area contributed by atoms with Gasteiger partial charge in [0.05, 0.1) is 23.8 Å². The number of aryl methyl sites for hydroxylation is 1. The Kier molecular flexibility index (Phi) is 8.97. The molecule has 1 N–H and O–H groups in total. The van der Waals surface area contributed by atoms with Gasteiger partial charge in [-0.1, -0.05) is 23.2 Å². The second-order valence-electron chi connectivity index (χ2n) is 8.26. The Labute approximate surface area is 230 Å². The molecule has 0 unspecified atom stereocenters. The molecule has 3 aromatic carbocycles. The van der Waals surface area contributed by atoms with Crippen molar-refractivity contribution in [2.24, 2.45) is 0 Å². The van der Waals surface area contributed by atoms with E-state index in [9.17, 15) is 9.59 Å². The van der Waals surface area contributed by atoms with Crippen LogP contribution in [0.3, 0.4) is 0 Å². The lowest BCUT2D eigenvalue weighted by Gasteiger charge is -2.17. The number of hydrogen-bond acceptors (Lipinski definition) is 6. The molecule has 10 heteroatoms. The number of carbonyl (C=O) groups is 2. The van der Waals surface area contributed by atoms with Crippen molar-refractivity contribution >= 4 is 65.4 Å². The zero-order chi connectivity index (χ0) is 26.4. The van der Waals surface area contributed by atoms with Gasteiger partial charge in [0.25, 0.3) is 5.69 Å². The number of anilines is 1. The zero-order valence-electron chi connectivity index (χ0n) is 20.0. The van der Waals surface area contributed by atoms with E-state index in [2.05, 4.69) is 18.2 Å². The molecule has 1 aliphatic heterocycles. The van der Waals surface area contributed by atoms with Crippen LogP contribution in [0.25, 0.3) is 0 Å². The number of ketones is 1. The minimum absolute atomic E-state index is 0.0310. The molecule has 1 heterocycles. The van der Waals surface area contributed by atoms with Crippen molar-refractivity contribution in [2.45, 2.75) is 25.7 Å². The van der Waals surface area contributed by atoms with Gasteiger partial charge in [0, 0.05) is 34.9 Å². The van der Waals surface area contributed by atoms with Crippen molar-refractivity contribution in [1.29, 1.82) is 0 Å². The minimum atomic E-state index is -0.319.